The van der Waals surface area contributed by atoms with E-state index in [1.165, 1.54) is 4.88 Å². The third-order valence-electron chi connectivity index (χ3n) is 2.01. The monoisotopic (exact) mass is 240 g/mol. The molecule has 0 spiro atoms. The number of hydrogen-bond acceptors (Lipinski definition) is 5. The van der Waals surface area contributed by atoms with Crippen molar-refractivity contribution in [1.82, 2.24) is 4.98 Å². The molecule has 0 aliphatic heterocycles. The van der Waals surface area contributed by atoms with E-state index in [0.717, 1.165) is 10.7 Å². The van der Waals surface area contributed by atoms with Crippen LogP contribution in [0.5, 0.6) is 0 Å². The summed E-state index contributed by atoms with van der Waals surface area (Å²) in [7, 11) is 0. The van der Waals surface area contributed by atoms with Crippen LogP contribution in [-0.4, -0.2) is 22.7 Å². The molecule has 0 radical (unpaired) electrons. The fourth-order valence-corrected chi connectivity index (χ4v) is 2.85. The van der Waals surface area contributed by atoms with Crippen molar-refractivity contribution in [2.24, 2.45) is 5.73 Å². The van der Waals surface area contributed by atoms with E-state index in [0.29, 0.717) is 6.42 Å². The number of rotatable bonds is 4. The summed E-state index contributed by atoms with van der Waals surface area (Å²) in [6.45, 7) is 0.286. The van der Waals surface area contributed by atoms with Gasteiger partial charge >= 0.3 is 0 Å². The molecule has 2 rings (SSSR count). The number of nitrogens with two attached hydrogens (primary N) is 1. The Balaban J connectivity index is 2.11. The van der Waals surface area contributed by atoms with Crippen LogP contribution in [0.25, 0.3) is 10.6 Å². The van der Waals surface area contributed by atoms with Crippen LogP contribution in [-0.2, 0) is 6.42 Å². The van der Waals surface area contributed by atoms with Gasteiger partial charge in [0.05, 0.1) is 21.7 Å². The van der Waals surface area contributed by atoms with E-state index in [1.807, 2.05) is 22.9 Å². The first-order valence-corrected chi connectivity index (χ1v) is 6.42. The normalized spacial score (nSPS) is 12.9. The highest BCUT2D eigenvalue weighted by atomic mass is 32.1. The lowest BCUT2D eigenvalue weighted by molar-refractivity contribution is 0.183. The van der Waals surface area contributed by atoms with Crippen LogP contribution < -0.4 is 5.73 Å². The zero-order chi connectivity index (χ0) is 10.7. The molecule has 2 heterocycles. The molecule has 2 aromatic rings. The van der Waals surface area contributed by atoms with Crippen molar-refractivity contribution >= 4 is 22.7 Å². The number of aliphatic hydroxyl groups excluding tert-OH is 1. The number of aliphatic hydroxyl groups is 1. The maximum absolute atomic E-state index is 9.40. The zero-order valence-electron chi connectivity index (χ0n) is 8.09. The molecule has 3 nitrogen and oxygen atoms in total. The predicted molar refractivity (Wildman–Crippen MR) is 64.2 cm³/mol. The average Bonchev–Trinajstić information content (AvgIpc) is 2.85. The van der Waals surface area contributed by atoms with Gasteiger partial charge in [0, 0.05) is 18.3 Å². The van der Waals surface area contributed by atoms with E-state index in [4.69, 9.17) is 5.73 Å². The van der Waals surface area contributed by atoms with Crippen LogP contribution in [0.15, 0.2) is 22.9 Å². The summed E-state index contributed by atoms with van der Waals surface area (Å²) in [5.41, 5.74) is 6.34. The van der Waals surface area contributed by atoms with E-state index >= 15 is 0 Å². The molecule has 5 heteroatoms. The van der Waals surface area contributed by atoms with Crippen LogP contribution in [0.4, 0.5) is 0 Å². The Hall–Kier alpha value is -0.750. The van der Waals surface area contributed by atoms with Crippen molar-refractivity contribution in [2.45, 2.75) is 12.5 Å². The second kappa shape index (κ2) is 4.85. The van der Waals surface area contributed by atoms with Crippen LogP contribution in [0, 0.1) is 0 Å². The zero-order valence-corrected chi connectivity index (χ0v) is 9.72. The molecular weight excluding hydrogens is 228 g/mol. The average molecular weight is 240 g/mol. The largest absolute Gasteiger partial charge is 0.391 e. The molecule has 0 aliphatic rings. The van der Waals surface area contributed by atoms with Crippen molar-refractivity contribution in [3.63, 3.8) is 0 Å². The van der Waals surface area contributed by atoms with Crippen LogP contribution in [0.1, 0.15) is 5.01 Å². The lowest BCUT2D eigenvalue weighted by atomic mass is 10.3. The Labute approximate surface area is 96.2 Å². The molecule has 0 saturated heterocycles. The molecule has 15 heavy (non-hydrogen) atoms. The van der Waals surface area contributed by atoms with Gasteiger partial charge in [-0.2, -0.15) is 0 Å². The summed E-state index contributed by atoms with van der Waals surface area (Å²) in [5.74, 6) is 0. The number of thiophene rings is 1. The van der Waals surface area contributed by atoms with Gasteiger partial charge in [0.15, 0.2) is 0 Å². The fraction of sp³-hybridized carbons (Fsp3) is 0.300. The summed E-state index contributed by atoms with van der Waals surface area (Å²) in [5, 5.41) is 14.4. The summed E-state index contributed by atoms with van der Waals surface area (Å²) < 4.78 is 0. The minimum Gasteiger partial charge on any atom is -0.391 e. The SMILES string of the molecule is NCC(O)Cc1nc(-c2cccs2)cs1. The molecule has 1 atom stereocenters. The molecule has 3 N–H and O–H groups in total. The van der Waals surface area contributed by atoms with E-state index in [9.17, 15) is 5.11 Å². The molecule has 2 aromatic heterocycles. The summed E-state index contributed by atoms with van der Waals surface area (Å²) in [4.78, 5) is 5.62. The van der Waals surface area contributed by atoms with E-state index in [2.05, 4.69) is 4.98 Å². The summed E-state index contributed by atoms with van der Waals surface area (Å²) in [6, 6.07) is 4.05. The molecule has 0 fully saturated rings. The fourth-order valence-electron chi connectivity index (χ4n) is 1.23. The lowest BCUT2D eigenvalue weighted by Gasteiger charge is -2.02. The van der Waals surface area contributed by atoms with E-state index in [-0.39, 0.29) is 6.54 Å². The van der Waals surface area contributed by atoms with Gasteiger partial charge in [0.2, 0.25) is 0 Å². The minimum absolute atomic E-state index is 0.286. The smallest absolute Gasteiger partial charge is 0.0959 e. The third-order valence-corrected chi connectivity index (χ3v) is 3.77. The van der Waals surface area contributed by atoms with Crippen molar-refractivity contribution in [2.75, 3.05) is 6.54 Å². The van der Waals surface area contributed by atoms with Crippen molar-refractivity contribution in [3.8, 4) is 10.6 Å². The van der Waals surface area contributed by atoms with Crippen LogP contribution in [0.2, 0.25) is 0 Å². The molecule has 0 aromatic carbocycles. The Morgan fingerprint density at radius 2 is 2.33 bits per heavy atom. The first kappa shape index (κ1) is 10.8. The van der Waals surface area contributed by atoms with Gasteiger partial charge < -0.3 is 10.8 Å². The summed E-state index contributed by atoms with van der Waals surface area (Å²) in [6.07, 6.45) is 0.0688. The van der Waals surface area contributed by atoms with Gasteiger partial charge in [-0.05, 0) is 11.4 Å². The van der Waals surface area contributed by atoms with Gasteiger partial charge in [-0.1, -0.05) is 6.07 Å². The van der Waals surface area contributed by atoms with E-state index in [1.54, 1.807) is 22.7 Å². The van der Waals surface area contributed by atoms with Gasteiger partial charge in [0.25, 0.3) is 0 Å². The van der Waals surface area contributed by atoms with Gasteiger partial charge in [-0.15, -0.1) is 22.7 Å². The predicted octanol–water partition coefficient (Wildman–Crippen LogP) is 1.73. The Morgan fingerprint density at radius 3 is 3.00 bits per heavy atom. The molecule has 0 bridgehead atoms. The maximum atomic E-state index is 9.40. The van der Waals surface area contributed by atoms with Gasteiger partial charge in [-0.3, -0.25) is 0 Å². The number of aromatic nitrogens is 1. The van der Waals surface area contributed by atoms with Crippen LogP contribution in [0.3, 0.4) is 0 Å². The highest BCUT2D eigenvalue weighted by Crippen LogP contribution is 2.26. The van der Waals surface area contributed by atoms with E-state index < -0.39 is 6.10 Å². The van der Waals surface area contributed by atoms with Crippen LogP contribution >= 0.6 is 22.7 Å². The number of hydrogen-bond donors (Lipinski definition) is 2. The second-order valence-corrected chi connectivity index (χ2v) is 5.09. The lowest BCUT2D eigenvalue weighted by Crippen LogP contribution is -2.21. The van der Waals surface area contributed by atoms with Crippen molar-refractivity contribution in [1.29, 1.82) is 0 Å². The third kappa shape index (κ3) is 2.63. The quantitative estimate of drug-likeness (QED) is 0.855. The molecule has 0 aliphatic carbocycles. The standard InChI is InChI=1S/C10H12N2OS2/c11-5-7(13)4-10-12-8(6-15-10)9-2-1-3-14-9/h1-3,6-7,13H,4-5,11H2. The molecule has 80 valence electrons. The van der Waals surface area contributed by atoms with Crippen molar-refractivity contribution < 1.29 is 5.11 Å². The van der Waals surface area contributed by atoms with Gasteiger partial charge in [-0.25, -0.2) is 4.98 Å². The maximum Gasteiger partial charge on any atom is 0.0959 e. The molecular formula is C10H12N2OS2. The minimum atomic E-state index is -0.479. The second-order valence-electron chi connectivity index (χ2n) is 3.20. The first-order chi connectivity index (χ1) is 7.29. The van der Waals surface area contributed by atoms with Crippen molar-refractivity contribution in [3.05, 3.63) is 27.9 Å². The number of thiazole rings is 1. The summed E-state index contributed by atoms with van der Waals surface area (Å²) >= 11 is 3.24. The highest BCUT2D eigenvalue weighted by molar-refractivity contribution is 7.14. The first-order valence-electron chi connectivity index (χ1n) is 4.66. The Morgan fingerprint density at radius 1 is 1.47 bits per heavy atom. The highest BCUT2D eigenvalue weighted by Gasteiger charge is 2.08. The van der Waals surface area contributed by atoms with Gasteiger partial charge in [0.1, 0.15) is 0 Å². The molecule has 0 amide bonds. The Bertz CT molecular complexity index is 411. The topological polar surface area (TPSA) is 59.1 Å². The molecule has 0 saturated carbocycles. The Kier molecular flexibility index (Phi) is 3.48. The number of nitrogens with zero attached hydrogens (tertiary/aromatic N) is 1. The molecule has 1 unspecified atom stereocenters.